The van der Waals surface area contributed by atoms with E-state index in [0.29, 0.717) is 12.2 Å². The Morgan fingerprint density at radius 3 is 2.36 bits per heavy atom. The summed E-state index contributed by atoms with van der Waals surface area (Å²) in [4.78, 5) is 13.5. The van der Waals surface area contributed by atoms with E-state index in [-0.39, 0.29) is 5.91 Å². The van der Waals surface area contributed by atoms with Gasteiger partial charge >= 0.3 is 0 Å². The van der Waals surface area contributed by atoms with Gasteiger partial charge in [0.15, 0.2) is 0 Å². The van der Waals surface area contributed by atoms with Crippen LogP contribution in [0.15, 0.2) is 24.3 Å². The highest BCUT2D eigenvalue weighted by Crippen LogP contribution is 2.22. The van der Waals surface area contributed by atoms with Crippen LogP contribution in [-0.4, -0.2) is 16.6 Å². The second-order valence-electron chi connectivity index (χ2n) is 3.49. The highest BCUT2D eigenvalue weighted by Gasteiger charge is 2.21. The molecule has 0 radical (unpaired) electrons. The lowest BCUT2D eigenvalue weighted by Gasteiger charge is -2.14. The molecule has 2 rings (SSSR count). The fourth-order valence-electron chi connectivity index (χ4n) is 1.76. The van der Waals surface area contributed by atoms with Gasteiger partial charge in [-0.2, -0.15) is 12.6 Å². The average Bonchev–Trinajstić information content (AvgIpc) is 2.61. The molecule has 0 saturated carbocycles. The standard InChI is InChI=1S/C11H13NOS/c13-11(5-6-14)12-7-9-3-1-2-4-10(9)8-12/h1-4,14H,5-8H2. The smallest absolute Gasteiger partial charge is 0.223 e. The summed E-state index contributed by atoms with van der Waals surface area (Å²) in [5, 5.41) is 0. The second kappa shape index (κ2) is 4.05. The molecule has 1 amide bonds. The molecule has 1 aliphatic heterocycles. The molecule has 0 unspecified atom stereocenters. The van der Waals surface area contributed by atoms with Gasteiger partial charge in [-0.05, 0) is 16.9 Å². The summed E-state index contributed by atoms with van der Waals surface area (Å²) < 4.78 is 0. The third-order valence-corrected chi connectivity index (χ3v) is 2.74. The minimum atomic E-state index is 0.205. The molecule has 1 aromatic rings. The van der Waals surface area contributed by atoms with Gasteiger partial charge in [-0.1, -0.05) is 24.3 Å². The van der Waals surface area contributed by atoms with Crippen LogP contribution in [0, 0.1) is 0 Å². The largest absolute Gasteiger partial charge is 0.334 e. The van der Waals surface area contributed by atoms with Crippen LogP contribution >= 0.6 is 12.6 Å². The fourth-order valence-corrected chi connectivity index (χ4v) is 1.95. The van der Waals surface area contributed by atoms with Crippen molar-refractivity contribution in [3.05, 3.63) is 35.4 Å². The van der Waals surface area contributed by atoms with Crippen molar-refractivity contribution in [2.75, 3.05) is 5.75 Å². The zero-order chi connectivity index (χ0) is 9.97. The summed E-state index contributed by atoms with van der Waals surface area (Å²) in [6.07, 6.45) is 0.539. The number of thiol groups is 1. The number of hydrogen-bond donors (Lipinski definition) is 1. The Kier molecular flexibility index (Phi) is 2.77. The molecule has 1 aromatic carbocycles. The molecule has 0 bridgehead atoms. The van der Waals surface area contributed by atoms with E-state index in [0.717, 1.165) is 13.1 Å². The van der Waals surface area contributed by atoms with Crippen LogP contribution in [0.5, 0.6) is 0 Å². The molecule has 1 heterocycles. The third kappa shape index (κ3) is 1.77. The molecule has 74 valence electrons. The lowest BCUT2D eigenvalue weighted by atomic mass is 10.1. The first-order chi connectivity index (χ1) is 6.81. The molecule has 0 aromatic heterocycles. The Bertz CT molecular complexity index is 326. The van der Waals surface area contributed by atoms with E-state index >= 15 is 0 Å². The number of hydrogen-bond acceptors (Lipinski definition) is 2. The van der Waals surface area contributed by atoms with Crippen molar-refractivity contribution in [2.24, 2.45) is 0 Å². The SMILES string of the molecule is O=C(CCS)N1Cc2ccccc2C1. The first-order valence-corrected chi connectivity index (χ1v) is 5.40. The van der Waals surface area contributed by atoms with E-state index in [1.807, 2.05) is 17.0 Å². The van der Waals surface area contributed by atoms with Crippen molar-refractivity contribution in [1.29, 1.82) is 0 Å². The Morgan fingerprint density at radius 1 is 1.29 bits per heavy atom. The topological polar surface area (TPSA) is 20.3 Å². The van der Waals surface area contributed by atoms with Gasteiger partial charge in [0.05, 0.1) is 0 Å². The molecular weight excluding hydrogens is 194 g/mol. The van der Waals surface area contributed by atoms with Crippen LogP contribution < -0.4 is 0 Å². The number of rotatable bonds is 2. The molecule has 2 nitrogen and oxygen atoms in total. The summed E-state index contributed by atoms with van der Waals surface area (Å²) >= 11 is 4.07. The van der Waals surface area contributed by atoms with E-state index in [1.54, 1.807) is 0 Å². The maximum absolute atomic E-state index is 11.6. The van der Waals surface area contributed by atoms with Gasteiger partial charge in [0.25, 0.3) is 0 Å². The van der Waals surface area contributed by atoms with Crippen molar-refractivity contribution in [3.8, 4) is 0 Å². The quantitative estimate of drug-likeness (QED) is 0.734. The number of fused-ring (bicyclic) bond motifs is 1. The fraction of sp³-hybridized carbons (Fsp3) is 0.364. The molecule has 0 atom stereocenters. The van der Waals surface area contributed by atoms with Crippen molar-refractivity contribution < 1.29 is 4.79 Å². The monoisotopic (exact) mass is 207 g/mol. The van der Waals surface area contributed by atoms with E-state index in [2.05, 4.69) is 24.8 Å². The number of carbonyl (C=O) groups excluding carboxylic acids is 1. The molecule has 1 aliphatic rings. The molecule has 14 heavy (non-hydrogen) atoms. The summed E-state index contributed by atoms with van der Waals surface area (Å²) in [6.45, 7) is 1.53. The number of benzene rings is 1. The zero-order valence-corrected chi connectivity index (χ0v) is 8.83. The first kappa shape index (κ1) is 9.59. The Morgan fingerprint density at radius 2 is 1.86 bits per heavy atom. The van der Waals surface area contributed by atoms with Crippen molar-refractivity contribution >= 4 is 18.5 Å². The van der Waals surface area contributed by atoms with E-state index in [4.69, 9.17) is 0 Å². The molecule has 0 spiro atoms. The van der Waals surface area contributed by atoms with Crippen LogP contribution in [0.3, 0.4) is 0 Å². The zero-order valence-electron chi connectivity index (χ0n) is 7.94. The van der Waals surface area contributed by atoms with Crippen molar-refractivity contribution in [2.45, 2.75) is 19.5 Å². The van der Waals surface area contributed by atoms with E-state index < -0.39 is 0 Å². The maximum atomic E-state index is 11.6. The lowest BCUT2D eigenvalue weighted by molar-refractivity contribution is -0.131. The Hall–Kier alpha value is -0.960. The number of amides is 1. The predicted octanol–water partition coefficient (Wildman–Crippen LogP) is 1.85. The summed E-state index contributed by atoms with van der Waals surface area (Å²) in [5.74, 6) is 0.835. The molecule has 0 aliphatic carbocycles. The van der Waals surface area contributed by atoms with Gasteiger partial charge in [0.2, 0.25) is 5.91 Å². The van der Waals surface area contributed by atoms with Gasteiger partial charge in [-0.15, -0.1) is 0 Å². The predicted molar refractivity (Wildman–Crippen MR) is 59.2 cm³/mol. The van der Waals surface area contributed by atoms with Crippen molar-refractivity contribution in [1.82, 2.24) is 4.90 Å². The van der Waals surface area contributed by atoms with Gasteiger partial charge in [-0.3, -0.25) is 4.79 Å². The number of nitrogens with zero attached hydrogens (tertiary/aromatic N) is 1. The van der Waals surface area contributed by atoms with Gasteiger partial charge < -0.3 is 4.90 Å². The summed E-state index contributed by atoms with van der Waals surface area (Å²) in [7, 11) is 0. The first-order valence-electron chi connectivity index (χ1n) is 4.76. The van der Waals surface area contributed by atoms with Gasteiger partial charge in [0.1, 0.15) is 0 Å². The lowest BCUT2D eigenvalue weighted by Crippen LogP contribution is -2.25. The molecular formula is C11H13NOS. The van der Waals surface area contributed by atoms with Crippen LogP contribution in [0.4, 0.5) is 0 Å². The van der Waals surface area contributed by atoms with Gasteiger partial charge in [0, 0.05) is 19.5 Å². The number of carbonyl (C=O) groups is 1. The minimum Gasteiger partial charge on any atom is -0.334 e. The Labute approximate surface area is 89.3 Å². The normalized spacial score (nSPS) is 14.2. The van der Waals surface area contributed by atoms with Crippen LogP contribution in [-0.2, 0) is 17.9 Å². The molecule has 0 saturated heterocycles. The van der Waals surface area contributed by atoms with Gasteiger partial charge in [-0.25, -0.2) is 0 Å². The highest BCUT2D eigenvalue weighted by atomic mass is 32.1. The van der Waals surface area contributed by atoms with E-state index in [9.17, 15) is 4.79 Å². The second-order valence-corrected chi connectivity index (χ2v) is 3.94. The van der Waals surface area contributed by atoms with Crippen LogP contribution in [0.1, 0.15) is 17.5 Å². The van der Waals surface area contributed by atoms with E-state index in [1.165, 1.54) is 11.1 Å². The molecule has 0 N–H and O–H groups in total. The van der Waals surface area contributed by atoms with Crippen molar-refractivity contribution in [3.63, 3.8) is 0 Å². The highest BCUT2D eigenvalue weighted by molar-refractivity contribution is 7.80. The third-order valence-electron chi connectivity index (χ3n) is 2.52. The average molecular weight is 207 g/mol. The minimum absolute atomic E-state index is 0.205. The summed E-state index contributed by atoms with van der Waals surface area (Å²) in [6, 6.07) is 8.21. The maximum Gasteiger partial charge on any atom is 0.223 e. The molecule has 3 heteroatoms. The Balaban J connectivity index is 2.08. The molecule has 0 fully saturated rings. The van der Waals surface area contributed by atoms with Crippen LogP contribution in [0.25, 0.3) is 0 Å². The van der Waals surface area contributed by atoms with Crippen LogP contribution in [0.2, 0.25) is 0 Å². The summed E-state index contributed by atoms with van der Waals surface area (Å²) in [5.41, 5.74) is 2.56.